The molecule has 0 aliphatic rings. The van der Waals surface area contributed by atoms with Crippen LogP contribution in [-0.2, 0) is 9.59 Å². The first-order chi connectivity index (χ1) is 5.54. The summed E-state index contributed by atoms with van der Waals surface area (Å²) in [5.74, 6) is -2.07. The number of ketones is 1. The normalized spacial score (nSPS) is 15.2. The lowest BCUT2D eigenvalue weighted by molar-refractivity contribution is -0.150. The van der Waals surface area contributed by atoms with E-state index in [2.05, 4.69) is 5.32 Å². The SMILES string of the molecule is CCC(C)[C@H](NC)C(=O)C(=O)O. The first-order valence-electron chi connectivity index (χ1n) is 3.99. The van der Waals surface area contributed by atoms with Gasteiger partial charge in [-0.3, -0.25) is 4.79 Å². The number of aliphatic carboxylic acids is 1. The fraction of sp³-hybridized carbons (Fsp3) is 0.750. The molecule has 0 amide bonds. The zero-order valence-electron chi connectivity index (χ0n) is 7.63. The predicted molar refractivity (Wildman–Crippen MR) is 44.9 cm³/mol. The molecule has 0 aromatic carbocycles. The van der Waals surface area contributed by atoms with Gasteiger partial charge in [-0.25, -0.2) is 4.79 Å². The van der Waals surface area contributed by atoms with Gasteiger partial charge in [0.25, 0.3) is 5.78 Å². The first-order valence-corrected chi connectivity index (χ1v) is 3.99. The average Bonchev–Trinajstić information content (AvgIpc) is 2.05. The zero-order valence-corrected chi connectivity index (χ0v) is 7.63. The summed E-state index contributed by atoms with van der Waals surface area (Å²) in [7, 11) is 1.59. The minimum Gasteiger partial charge on any atom is -0.475 e. The van der Waals surface area contributed by atoms with Crippen LogP contribution in [0.1, 0.15) is 20.3 Å². The quantitative estimate of drug-likeness (QED) is 0.586. The number of nitrogens with one attached hydrogen (secondary N) is 1. The summed E-state index contributed by atoms with van der Waals surface area (Å²) in [6.45, 7) is 3.77. The molecule has 0 saturated carbocycles. The van der Waals surface area contributed by atoms with Crippen molar-refractivity contribution in [2.45, 2.75) is 26.3 Å². The van der Waals surface area contributed by atoms with Crippen molar-refractivity contribution in [2.75, 3.05) is 7.05 Å². The molecule has 2 N–H and O–H groups in total. The number of hydrogen-bond acceptors (Lipinski definition) is 3. The molecule has 0 spiro atoms. The Labute approximate surface area is 72.0 Å². The Morgan fingerprint density at radius 2 is 2.00 bits per heavy atom. The van der Waals surface area contributed by atoms with Crippen molar-refractivity contribution in [1.82, 2.24) is 5.32 Å². The maximum absolute atomic E-state index is 11.0. The maximum Gasteiger partial charge on any atom is 0.373 e. The van der Waals surface area contributed by atoms with Gasteiger partial charge in [0, 0.05) is 0 Å². The summed E-state index contributed by atoms with van der Waals surface area (Å²) in [6.07, 6.45) is 0.782. The smallest absolute Gasteiger partial charge is 0.373 e. The summed E-state index contributed by atoms with van der Waals surface area (Å²) >= 11 is 0. The summed E-state index contributed by atoms with van der Waals surface area (Å²) < 4.78 is 0. The lowest BCUT2D eigenvalue weighted by Crippen LogP contribution is -2.43. The Hall–Kier alpha value is -0.900. The third kappa shape index (κ3) is 2.62. The second kappa shape index (κ2) is 4.87. The summed E-state index contributed by atoms with van der Waals surface area (Å²) in [6, 6.07) is -0.563. The molecule has 0 bridgehead atoms. The van der Waals surface area contributed by atoms with Crippen molar-refractivity contribution in [3.8, 4) is 0 Å². The number of likely N-dealkylation sites (N-methyl/N-ethyl adjacent to an activating group) is 1. The van der Waals surface area contributed by atoms with E-state index in [9.17, 15) is 9.59 Å². The van der Waals surface area contributed by atoms with E-state index in [0.29, 0.717) is 0 Å². The highest BCUT2D eigenvalue weighted by Gasteiger charge is 2.27. The molecule has 0 aliphatic heterocycles. The molecule has 0 saturated heterocycles. The van der Waals surface area contributed by atoms with Crippen molar-refractivity contribution < 1.29 is 14.7 Å². The highest BCUT2D eigenvalue weighted by Crippen LogP contribution is 2.07. The van der Waals surface area contributed by atoms with Gasteiger partial charge < -0.3 is 10.4 Å². The van der Waals surface area contributed by atoms with E-state index < -0.39 is 17.8 Å². The second-order valence-corrected chi connectivity index (χ2v) is 2.82. The van der Waals surface area contributed by atoms with E-state index in [1.54, 1.807) is 7.05 Å². The Kier molecular flexibility index (Phi) is 4.51. The van der Waals surface area contributed by atoms with Crippen LogP contribution in [0.2, 0.25) is 0 Å². The molecule has 0 aliphatic carbocycles. The van der Waals surface area contributed by atoms with Crippen LogP contribution in [0, 0.1) is 5.92 Å². The van der Waals surface area contributed by atoms with Crippen LogP contribution >= 0.6 is 0 Å². The molecule has 0 heterocycles. The van der Waals surface area contributed by atoms with Crippen LogP contribution in [0.3, 0.4) is 0 Å². The maximum atomic E-state index is 11.0. The fourth-order valence-corrected chi connectivity index (χ4v) is 1.04. The number of Topliss-reactive ketones (excluding diaryl/α,β-unsaturated/α-hetero) is 1. The monoisotopic (exact) mass is 173 g/mol. The van der Waals surface area contributed by atoms with Gasteiger partial charge >= 0.3 is 5.97 Å². The molecule has 70 valence electrons. The van der Waals surface area contributed by atoms with Gasteiger partial charge in [0.05, 0.1) is 6.04 Å². The molecular weight excluding hydrogens is 158 g/mol. The topological polar surface area (TPSA) is 66.4 Å². The summed E-state index contributed by atoms with van der Waals surface area (Å²) in [4.78, 5) is 21.3. The molecule has 0 fully saturated rings. The molecular formula is C8H15NO3. The van der Waals surface area contributed by atoms with Crippen LogP contribution in [0.5, 0.6) is 0 Å². The Morgan fingerprint density at radius 3 is 2.25 bits per heavy atom. The number of carbonyl (C=O) groups is 2. The fourth-order valence-electron chi connectivity index (χ4n) is 1.04. The molecule has 0 aromatic heterocycles. The average molecular weight is 173 g/mol. The van der Waals surface area contributed by atoms with Gasteiger partial charge in [-0.2, -0.15) is 0 Å². The Balaban J connectivity index is 4.34. The third-order valence-electron chi connectivity index (χ3n) is 2.02. The lowest BCUT2D eigenvalue weighted by atomic mass is 9.96. The third-order valence-corrected chi connectivity index (χ3v) is 2.02. The summed E-state index contributed by atoms with van der Waals surface area (Å²) in [5.41, 5.74) is 0. The molecule has 12 heavy (non-hydrogen) atoms. The Bertz CT molecular complexity index is 179. The predicted octanol–water partition coefficient (Wildman–Crippen LogP) is 0.274. The lowest BCUT2D eigenvalue weighted by Gasteiger charge is -2.18. The Morgan fingerprint density at radius 1 is 1.50 bits per heavy atom. The van der Waals surface area contributed by atoms with Gasteiger partial charge in [0.1, 0.15) is 0 Å². The molecule has 1 unspecified atom stereocenters. The van der Waals surface area contributed by atoms with E-state index >= 15 is 0 Å². The minimum absolute atomic E-state index is 0.0543. The highest BCUT2D eigenvalue weighted by molar-refractivity contribution is 6.34. The van der Waals surface area contributed by atoms with Gasteiger partial charge in [0.2, 0.25) is 0 Å². The highest BCUT2D eigenvalue weighted by atomic mass is 16.4. The molecule has 0 aromatic rings. The number of hydrogen-bond donors (Lipinski definition) is 2. The van der Waals surface area contributed by atoms with Crippen LogP contribution in [0.25, 0.3) is 0 Å². The largest absolute Gasteiger partial charge is 0.475 e. The zero-order chi connectivity index (χ0) is 9.72. The molecule has 4 heteroatoms. The summed E-state index contributed by atoms with van der Waals surface area (Å²) in [5, 5.41) is 11.1. The van der Waals surface area contributed by atoms with E-state index in [1.165, 1.54) is 0 Å². The van der Waals surface area contributed by atoms with Crippen molar-refractivity contribution in [2.24, 2.45) is 5.92 Å². The van der Waals surface area contributed by atoms with Crippen LogP contribution in [-0.4, -0.2) is 29.9 Å². The van der Waals surface area contributed by atoms with Gasteiger partial charge in [-0.05, 0) is 13.0 Å². The van der Waals surface area contributed by atoms with E-state index in [1.807, 2.05) is 13.8 Å². The standard InChI is InChI=1S/C8H15NO3/c1-4-5(2)6(9-3)7(10)8(11)12/h5-6,9H,4H2,1-3H3,(H,11,12)/t5?,6-/m0/s1. The van der Waals surface area contributed by atoms with E-state index in [4.69, 9.17) is 5.11 Å². The van der Waals surface area contributed by atoms with Crippen molar-refractivity contribution >= 4 is 11.8 Å². The van der Waals surface area contributed by atoms with Crippen molar-refractivity contribution in [3.63, 3.8) is 0 Å². The molecule has 0 radical (unpaired) electrons. The number of carboxylic acid groups (broad SMARTS) is 1. The van der Waals surface area contributed by atoms with Crippen LogP contribution < -0.4 is 5.32 Å². The van der Waals surface area contributed by atoms with Crippen LogP contribution in [0.15, 0.2) is 0 Å². The van der Waals surface area contributed by atoms with E-state index in [-0.39, 0.29) is 5.92 Å². The van der Waals surface area contributed by atoms with Crippen LogP contribution in [0.4, 0.5) is 0 Å². The number of carboxylic acids is 1. The van der Waals surface area contributed by atoms with E-state index in [0.717, 1.165) is 6.42 Å². The minimum atomic E-state index is -1.37. The van der Waals surface area contributed by atoms with Gasteiger partial charge in [0.15, 0.2) is 0 Å². The van der Waals surface area contributed by atoms with Gasteiger partial charge in [-0.1, -0.05) is 20.3 Å². The second-order valence-electron chi connectivity index (χ2n) is 2.82. The first kappa shape index (κ1) is 11.1. The molecule has 0 rings (SSSR count). The van der Waals surface area contributed by atoms with Crippen molar-refractivity contribution in [1.29, 1.82) is 0 Å². The number of rotatable bonds is 5. The number of carbonyl (C=O) groups excluding carboxylic acids is 1. The molecule has 4 nitrogen and oxygen atoms in total. The van der Waals surface area contributed by atoms with Gasteiger partial charge in [-0.15, -0.1) is 0 Å². The molecule has 2 atom stereocenters. The van der Waals surface area contributed by atoms with Crippen molar-refractivity contribution in [3.05, 3.63) is 0 Å².